The molecule has 0 spiro atoms. The number of halogens is 1. The molecule has 1 saturated heterocycles. The number of amides is 1. The Kier molecular flexibility index (Phi) is 4.62. The summed E-state index contributed by atoms with van der Waals surface area (Å²) in [7, 11) is 1.36. The standard InChI is InChI=1S/C9H14INO4/c1-6(12)15-8-3-4-11(5-7(8)10)9(13)14-2/h7-8H,3-5H2,1-2H3/t7-,8-/m1/s1. The predicted molar refractivity (Wildman–Crippen MR) is 62.0 cm³/mol. The highest BCUT2D eigenvalue weighted by atomic mass is 127. The SMILES string of the molecule is COC(=O)N1CC[C@@H](OC(C)=O)[C@H](I)C1. The van der Waals surface area contributed by atoms with Crippen LogP contribution >= 0.6 is 22.6 Å². The molecule has 0 saturated carbocycles. The quantitative estimate of drug-likeness (QED) is 0.412. The van der Waals surface area contributed by atoms with Crippen molar-refractivity contribution in [2.24, 2.45) is 0 Å². The molecule has 0 bridgehead atoms. The zero-order valence-corrected chi connectivity index (χ0v) is 10.9. The number of nitrogens with zero attached hydrogens (tertiary/aromatic N) is 1. The number of likely N-dealkylation sites (tertiary alicyclic amines) is 1. The molecule has 0 aromatic rings. The van der Waals surface area contributed by atoms with E-state index in [4.69, 9.17) is 4.74 Å². The number of carbonyl (C=O) groups excluding carboxylic acids is 2. The van der Waals surface area contributed by atoms with Crippen LogP contribution in [-0.4, -0.2) is 47.2 Å². The summed E-state index contributed by atoms with van der Waals surface area (Å²) < 4.78 is 9.89. The van der Waals surface area contributed by atoms with Crippen molar-refractivity contribution in [1.29, 1.82) is 0 Å². The number of ether oxygens (including phenoxy) is 2. The van der Waals surface area contributed by atoms with E-state index in [1.165, 1.54) is 14.0 Å². The predicted octanol–water partition coefficient (Wildman–Crippen LogP) is 1.19. The fourth-order valence-corrected chi connectivity index (χ4v) is 2.51. The molecule has 1 aliphatic rings. The zero-order valence-electron chi connectivity index (χ0n) is 8.73. The van der Waals surface area contributed by atoms with Gasteiger partial charge >= 0.3 is 12.1 Å². The monoisotopic (exact) mass is 327 g/mol. The first kappa shape index (κ1) is 12.5. The highest BCUT2D eigenvalue weighted by Gasteiger charge is 2.31. The third kappa shape index (κ3) is 3.51. The van der Waals surface area contributed by atoms with E-state index < -0.39 is 0 Å². The summed E-state index contributed by atoms with van der Waals surface area (Å²) in [5, 5.41) is 0. The number of hydrogen-bond acceptors (Lipinski definition) is 4. The normalized spacial score (nSPS) is 25.9. The fourth-order valence-electron chi connectivity index (χ4n) is 1.52. The van der Waals surface area contributed by atoms with Crippen LogP contribution in [0.3, 0.4) is 0 Å². The first-order valence-corrected chi connectivity index (χ1v) is 5.93. The van der Waals surface area contributed by atoms with E-state index in [2.05, 4.69) is 27.3 Å². The maximum atomic E-state index is 11.2. The number of esters is 1. The molecule has 0 aromatic heterocycles. The van der Waals surface area contributed by atoms with Gasteiger partial charge in [-0.1, -0.05) is 22.6 Å². The maximum absolute atomic E-state index is 11.2. The first-order chi connectivity index (χ1) is 7.04. The summed E-state index contributed by atoms with van der Waals surface area (Å²) in [6.45, 7) is 2.53. The van der Waals surface area contributed by atoms with Crippen molar-refractivity contribution >= 4 is 34.7 Å². The molecule has 6 heteroatoms. The summed E-state index contributed by atoms with van der Waals surface area (Å²) in [5.74, 6) is -0.270. The lowest BCUT2D eigenvalue weighted by atomic mass is 10.1. The van der Waals surface area contributed by atoms with E-state index in [0.29, 0.717) is 19.5 Å². The third-order valence-electron chi connectivity index (χ3n) is 2.23. The van der Waals surface area contributed by atoms with E-state index >= 15 is 0 Å². The van der Waals surface area contributed by atoms with Gasteiger partial charge in [0.05, 0.1) is 11.0 Å². The molecule has 0 aromatic carbocycles. The molecule has 0 aliphatic carbocycles. The number of carbonyl (C=O) groups is 2. The maximum Gasteiger partial charge on any atom is 0.409 e. The molecule has 0 radical (unpaired) electrons. The van der Waals surface area contributed by atoms with Crippen molar-refractivity contribution in [2.45, 2.75) is 23.4 Å². The van der Waals surface area contributed by atoms with Crippen molar-refractivity contribution in [3.8, 4) is 0 Å². The second-order valence-corrected chi connectivity index (χ2v) is 4.97. The van der Waals surface area contributed by atoms with Crippen molar-refractivity contribution in [2.75, 3.05) is 20.2 Å². The minimum absolute atomic E-state index is 0.0935. The number of methoxy groups -OCH3 is 1. The van der Waals surface area contributed by atoms with Crippen LogP contribution in [0.1, 0.15) is 13.3 Å². The van der Waals surface area contributed by atoms with Gasteiger partial charge in [-0.05, 0) is 0 Å². The van der Waals surface area contributed by atoms with Crippen LogP contribution in [0.15, 0.2) is 0 Å². The van der Waals surface area contributed by atoms with E-state index in [1.807, 2.05) is 0 Å². The zero-order chi connectivity index (χ0) is 11.4. The highest BCUT2D eigenvalue weighted by molar-refractivity contribution is 14.1. The third-order valence-corrected chi connectivity index (χ3v) is 3.43. The van der Waals surface area contributed by atoms with E-state index in [9.17, 15) is 9.59 Å². The average Bonchev–Trinajstić information content (AvgIpc) is 2.19. The van der Waals surface area contributed by atoms with Gasteiger partial charge in [0.2, 0.25) is 0 Å². The van der Waals surface area contributed by atoms with Gasteiger partial charge in [-0.3, -0.25) is 4.79 Å². The average molecular weight is 327 g/mol. The van der Waals surface area contributed by atoms with Gasteiger partial charge in [0, 0.05) is 26.4 Å². The van der Waals surface area contributed by atoms with Gasteiger partial charge < -0.3 is 14.4 Å². The Balaban J connectivity index is 2.47. The Morgan fingerprint density at radius 3 is 2.60 bits per heavy atom. The van der Waals surface area contributed by atoms with E-state index in [-0.39, 0.29) is 22.1 Å². The van der Waals surface area contributed by atoms with Crippen LogP contribution in [0, 0.1) is 0 Å². The molecule has 15 heavy (non-hydrogen) atoms. The molecular weight excluding hydrogens is 313 g/mol. The van der Waals surface area contributed by atoms with Gasteiger partial charge in [0.15, 0.2) is 0 Å². The number of rotatable bonds is 1. The van der Waals surface area contributed by atoms with Crippen LogP contribution in [0.4, 0.5) is 4.79 Å². The molecule has 0 unspecified atom stereocenters. The van der Waals surface area contributed by atoms with Crippen molar-refractivity contribution in [1.82, 2.24) is 4.90 Å². The molecular formula is C9H14INO4. The lowest BCUT2D eigenvalue weighted by Gasteiger charge is -2.34. The van der Waals surface area contributed by atoms with Crippen LogP contribution in [0.5, 0.6) is 0 Å². The Morgan fingerprint density at radius 1 is 1.47 bits per heavy atom. The topological polar surface area (TPSA) is 55.8 Å². The molecule has 1 aliphatic heterocycles. The highest BCUT2D eigenvalue weighted by Crippen LogP contribution is 2.21. The molecule has 5 nitrogen and oxygen atoms in total. The van der Waals surface area contributed by atoms with Crippen LogP contribution in [-0.2, 0) is 14.3 Å². The molecule has 86 valence electrons. The van der Waals surface area contributed by atoms with Crippen molar-refractivity contribution in [3.05, 3.63) is 0 Å². The van der Waals surface area contributed by atoms with Crippen LogP contribution in [0.2, 0.25) is 0 Å². The first-order valence-electron chi connectivity index (χ1n) is 4.68. The Labute approximate surface area is 102 Å². The molecule has 2 atom stereocenters. The smallest absolute Gasteiger partial charge is 0.409 e. The second-order valence-electron chi connectivity index (χ2n) is 3.37. The summed E-state index contributed by atoms with van der Waals surface area (Å²) >= 11 is 2.19. The summed E-state index contributed by atoms with van der Waals surface area (Å²) in [5.41, 5.74) is 0. The van der Waals surface area contributed by atoms with Crippen molar-refractivity contribution in [3.63, 3.8) is 0 Å². The summed E-state index contributed by atoms with van der Waals surface area (Å²) in [6.07, 6.45) is 0.254. The number of alkyl halides is 1. The summed E-state index contributed by atoms with van der Waals surface area (Å²) in [4.78, 5) is 23.7. The molecule has 1 rings (SSSR count). The lowest BCUT2D eigenvalue weighted by molar-refractivity contribution is -0.147. The number of hydrogen-bond donors (Lipinski definition) is 0. The molecule has 1 heterocycles. The summed E-state index contributed by atoms with van der Waals surface area (Å²) in [6, 6.07) is 0. The largest absolute Gasteiger partial charge is 0.461 e. The van der Waals surface area contributed by atoms with Crippen molar-refractivity contribution < 1.29 is 19.1 Å². The van der Waals surface area contributed by atoms with Crippen LogP contribution < -0.4 is 0 Å². The number of piperidine rings is 1. The fraction of sp³-hybridized carbons (Fsp3) is 0.778. The van der Waals surface area contributed by atoms with Gasteiger partial charge in [-0.15, -0.1) is 0 Å². The Morgan fingerprint density at radius 2 is 2.13 bits per heavy atom. The Hall–Kier alpha value is -0.530. The molecule has 1 amide bonds. The van der Waals surface area contributed by atoms with Gasteiger partial charge in [-0.25, -0.2) is 4.79 Å². The minimum Gasteiger partial charge on any atom is -0.461 e. The molecule has 1 fully saturated rings. The van der Waals surface area contributed by atoms with E-state index in [0.717, 1.165) is 0 Å². The van der Waals surface area contributed by atoms with Gasteiger partial charge in [0.1, 0.15) is 6.10 Å². The minimum atomic E-state index is -0.321. The van der Waals surface area contributed by atoms with Gasteiger partial charge in [-0.2, -0.15) is 0 Å². The Bertz CT molecular complexity index is 258. The van der Waals surface area contributed by atoms with Crippen LogP contribution in [0.25, 0.3) is 0 Å². The van der Waals surface area contributed by atoms with E-state index in [1.54, 1.807) is 4.90 Å². The van der Waals surface area contributed by atoms with Gasteiger partial charge in [0.25, 0.3) is 0 Å². The molecule has 0 N–H and O–H groups in total. The second kappa shape index (κ2) is 5.53. The lowest BCUT2D eigenvalue weighted by Crippen LogP contribution is -2.47.